The van der Waals surface area contributed by atoms with E-state index < -0.39 is 12.1 Å². The molecule has 1 atom stereocenters. The Bertz CT molecular complexity index is 168. The van der Waals surface area contributed by atoms with Gasteiger partial charge in [0, 0.05) is 26.7 Å². The van der Waals surface area contributed by atoms with Crippen molar-refractivity contribution in [3.63, 3.8) is 0 Å². The molecule has 0 aromatic heterocycles. The van der Waals surface area contributed by atoms with Gasteiger partial charge in [-0.2, -0.15) is 0 Å². The Hall–Kier alpha value is -0.650. The summed E-state index contributed by atoms with van der Waals surface area (Å²) in [5.74, 6) is -0.908. The SMILES string of the molecule is COC(CN1CCOCC1)C(=O)O. The lowest BCUT2D eigenvalue weighted by molar-refractivity contribution is -0.150. The van der Waals surface area contributed by atoms with E-state index >= 15 is 0 Å². The van der Waals surface area contributed by atoms with Gasteiger partial charge >= 0.3 is 5.97 Å². The van der Waals surface area contributed by atoms with Gasteiger partial charge < -0.3 is 14.6 Å². The molecule has 0 saturated carbocycles. The lowest BCUT2D eigenvalue weighted by atomic mass is 10.3. The van der Waals surface area contributed by atoms with Crippen LogP contribution in [0.5, 0.6) is 0 Å². The van der Waals surface area contributed by atoms with E-state index in [9.17, 15) is 4.79 Å². The van der Waals surface area contributed by atoms with E-state index in [2.05, 4.69) is 0 Å². The standard InChI is InChI=1S/C8H15NO4/c1-12-7(8(10)11)6-9-2-4-13-5-3-9/h7H,2-6H2,1H3,(H,10,11). The van der Waals surface area contributed by atoms with Crippen LogP contribution in [0.2, 0.25) is 0 Å². The Morgan fingerprint density at radius 3 is 2.69 bits per heavy atom. The topological polar surface area (TPSA) is 59.0 Å². The smallest absolute Gasteiger partial charge is 0.334 e. The van der Waals surface area contributed by atoms with E-state index in [1.165, 1.54) is 7.11 Å². The number of carboxylic acids is 1. The monoisotopic (exact) mass is 189 g/mol. The third-order valence-corrected chi connectivity index (χ3v) is 2.09. The van der Waals surface area contributed by atoms with Gasteiger partial charge in [-0.1, -0.05) is 0 Å². The number of morpholine rings is 1. The largest absolute Gasteiger partial charge is 0.479 e. The molecule has 5 heteroatoms. The second kappa shape index (κ2) is 5.16. The summed E-state index contributed by atoms with van der Waals surface area (Å²) in [6.45, 7) is 3.36. The van der Waals surface area contributed by atoms with Crippen LogP contribution in [-0.4, -0.2) is 62.0 Å². The molecule has 0 amide bonds. The Morgan fingerprint density at radius 2 is 2.23 bits per heavy atom. The number of hydrogen-bond donors (Lipinski definition) is 1. The molecule has 1 rings (SSSR count). The van der Waals surface area contributed by atoms with Crippen LogP contribution in [0.4, 0.5) is 0 Å². The van der Waals surface area contributed by atoms with Crippen molar-refractivity contribution in [3.05, 3.63) is 0 Å². The van der Waals surface area contributed by atoms with Gasteiger partial charge in [0.15, 0.2) is 6.10 Å². The van der Waals surface area contributed by atoms with E-state index in [-0.39, 0.29) is 0 Å². The normalized spacial score (nSPS) is 21.3. The molecule has 1 saturated heterocycles. The van der Waals surface area contributed by atoms with Crippen LogP contribution in [0.15, 0.2) is 0 Å². The summed E-state index contributed by atoms with van der Waals surface area (Å²) in [6, 6.07) is 0. The second-order valence-corrected chi connectivity index (χ2v) is 2.98. The quantitative estimate of drug-likeness (QED) is 0.641. The van der Waals surface area contributed by atoms with E-state index in [0.29, 0.717) is 19.8 Å². The Morgan fingerprint density at radius 1 is 1.62 bits per heavy atom. The number of nitrogens with zero attached hydrogens (tertiary/aromatic N) is 1. The molecular formula is C8H15NO4. The molecule has 1 aliphatic rings. The fraction of sp³-hybridized carbons (Fsp3) is 0.875. The highest BCUT2D eigenvalue weighted by Gasteiger charge is 2.21. The van der Waals surface area contributed by atoms with Crippen molar-refractivity contribution < 1.29 is 19.4 Å². The summed E-state index contributed by atoms with van der Waals surface area (Å²) >= 11 is 0. The summed E-state index contributed by atoms with van der Waals surface area (Å²) in [6.07, 6.45) is -0.724. The van der Waals surface area contributed by atoms with Crippen molar-refractivity contribution in [3.8, 4) is 0 Å². The average molecular weight is 189 g/mol. The van der Waals surface area contributed by atoms with Crippen LogP contribution < -0.4 is 0 Å². The third-order valence-electron chi connectivity index (χ3n) is 2.09. The van der Waals surface area contributed by atoms with Gasteiger partial charge in [0.2, 0.25) is 0 Å². The molecule has 1 fully saturated rings. The molecule has 0 bridgehead atoms. The van der Waals surface area contributed by atoms with Gasteiger partial charge in [-0.15, -0.1) is 0 Å². The number of carboxylic acid groups (broad SMARTS) is 1. The maximum Gasteiger partial charge on any atom is 0.334 e. The minimum atomic E-state index is -0.908. The van der Waals surface area contributed by atoms with Gasteiger partial charge in [-0.25, -0.2) is 4.79 Å². The van der Waals surface area contributed by atoms with Crippen LogP contribution in [0.3, 0.4) is 0 Å². The van der Waals surface area contributed by atoms with Crippen molar-refractivity contribution in [2.45, 2.75) is 6.10 Å². The highest BCUT2D eigenvalue weighted by molar-refractivity contribution is 5.72. The first-order valence-electron chi connectivity index (χ1n) is 4.29. The Balaban J connectivity index is 2.31. The van der Waals surface area contributed by atoms with Crippen molar-refractivity contribution in [1.82, 2.24) is 4.90 Å². The van der Waals surface area contributed by atoms with Gasteiger partial charge in [0.1, 0.15) is 0 Å². The van der Waals surface area contributed by atoms with Gasteiger partial charge in [-0.3, -0.25) is 4.90 Å². The van der Waals surface area contributed by atoms with Crippen molar-refractivity contribution in [2.24, 2.45) is 0 Å². The summed E-state index contributed by atoms with van der Waals surface area (Å²) < 4.78 is 9.98. The zero-order valence-corrected chi connectivity index (χ0v) is 7.73. The molecule has 0 aromatic rings. The summed E-state index contributed by atoms with van der Waals surface area (Å²) in [4.78, 5) is 12.7. The lowest BCUT2D eigenvalue weighted by Crippen LogP contribution is -2.43. The summed E-state index contributed by atoms with van der Waals surface area (Å²) in [5.41, 5.74) is 0. The molecule has 1 N–H and O–H groups in total. The first-order chi connectivity index (χ1) is 6.24. The molecule has 1 aliphatic heterocycles. The number of aliphatic carboxylic acids is 1. The van der Waals surface area contributed by atoms with Crippen LogP contribution >= 0.6 is 0 Å². The molecule has 0 spiro atoms. The molecule has 0 aliphatic carbocycles. The molecule has 1 unspecified atom stereocenters. The molecule has 5 nitrogen and oxygen atoms in total. The number of carbonyl (C=O) groups is 1. The van der Waals surface area contributed by atoms with Crippen molar-refractivity contribution >= 4 is 5.97 Å². The van der Waals surface area contributed by atoms with E-state index in [4.69, 9.17) is 14.6 Å². The number of hydrogen-bond acceptors (Lipinski definition) is 4. The van der Waals surface area contributed by atoms with E-state index in [1.807, 2.05) is 4.90 Å². The van der Waals surface area contributed by atoms with Gasteiger partial charge in [0.05, 0.1) is 13.2 Å². The maximum absolute atomic E-state index is 10.6. The molecule has 0 radical (unpaired) electrons. The average Bonchev–Trinajstić information content (AvgIpc) is 2.15. The summed E-state index contributed by atoms with van der Waals surface area (Å²) in [5, 5.41) is 8.72. The van der Waals surface area contributed by atoms with E-state index in [0.717, 1.165) is 13.1 Å². The van der Waals surface area contributed by atoms with E-state index in [1.54, 1.807) is 0 Å². The number of methoxy groups -OCH3 is 1. The number of rotatable bonds is 4. The zero-order chi connectivity index (χ0) is 9.68. The fourth-order valence-electron chi connectivity index (χ4n) is 1.27. The highest BCUT2D eigenvalue weighted by Crippen LogP contribution is 2.00. The Labute approximate surface area is 77.2 Å². The zero-order valence-electron chi connectivity index (χ0n) is 7.73. The molecule has 1 heterocycles. The molecule has 0 aromatic carbocycles. The van der Waals surface area contributed by atoms with Crippen LogP contribution in [-0.2, 0) is 14.3 Å². The highest BCUT2D eigenvalue weighted by atomic mass is 16.5. The first-order valence-corrected chi connectivity index (χ1v) is 4.29. The second-order valence-electron chi connectivity index (χ2n) is 2.98. The first kappa shape index (κ1) is 10.4. The fourth-order valence-corrected chi connectivity index (χ4v) is 1.27. The number of ether oxygens (including phenoxy) is 2. The molecular weight excluding hydrogens is 174 g/mol. The van der Waals surface area contributed by atoms with Crippen LogP contribution in [0.1, 0.15) is 0 Å². The van der Waals surface area contributed by atoms with Crippen LogP contribution in [0.25, 0.3) is 0 Å². The van der Waals surface area contributed by atoms with Crippen molar-refractivity contribution in [1.29, 1.82) is 0 Å². The maximum atomic E-state index is 10.6. The lowest BCUT2D eigenvalue weighted by Gasteiger charge is -2.28. The van der Waals surface area contributed by atoms with Crippen LogP contribution in [0, 0.1) is 0 Å². The Kier molecular flexibility index (Phi) is 4.14. The minimum absolute atomic E-state index is 0.440. The molecule has 76 valence electrons. The van der Waals surface area contributed by atoms with Crippen molar-refractivity contribution in [2.75, 3.05) is 40.0 Å². The minimum Gasteiger partial charge on any atom is -0.479 e. The summed E-state index contributed by atoms with van der Waals surface area (Å²) in [7, 11) is 1.42. The van der Waals surface area contributed by atoms with Gasteiger partial charge in [-0.05, 0) is 0 Å². The molecule has 13 heavy (non-hydrogen) atoms. The predicted octanol–water partition coefficient (Wildman–Crippen LogP) is -0.582. The predicted molar refractivity (Wildman–Crippen MR) is 45.7 cm³/mol. The van der Waals surface area contributed by atoms with Gasteiger partial charge in [0.25, 0.3) is 0 Å². The third kappa shape index (κ3) is 3.30.